The monoisotopic (exact) mass is 458 g/mol. The first-order valence-electron chi connectivity index (χ1n) is 9.21. The second-order valence-corrected chi connectivity index (χ2v) is 8.80. The molecule has 3 aromatic rings. The van der Waals surface area contributed by atoms with Gasteiger partial charge in [-0.05, 0) is 60.7 Å². The number of rotatable bonds is 6. The molecular weight excluding hydrogens is 440 g/mol. The number of aromatic nitrogens is 1. The zero-order valence-corrected chi connectivity index (χ0v) is 18.4. The average Bonchev–Trinajstić information content (AvgIpc) is 3.32. The Morgan fingerprint density at radius 2 is 2.07 bits per heavy atom. The average molecular weight is 459 g/mol. The van der Waals surface area contributed by atoms with Crippen LogP contribution in [0.2, 0.25) is 4.34 Å². The normalized spacial score (nSPS) is 18.3. The summed E-state index contributed by atoms with van der Waals surface area (Å²) in [5, 5.41) is 6.82. The number of amides is 1. The molecule has 1 amide bonds. The summed E-state index contributed by atoms with van der Waals surface area (Å²) >= 11 is 13.5. The van der Waals surface area contributed by atoms with Crippen LogP contribution in [0.15, 0.2) is 60.8 Å². The number of methoxy groups -OCH3 is 1. The van der Waals surface area contributed by atoms with Gasteiger partial charge in [-0.1, -0.05) is 17.7 Å². The zero-order chi connectivity index (χ0) is 21.1. The van der Waals surface area contributed by atoms with Crippen LogP contribution < -0.4 is 15.5 Å². The number of carbonyl (C=O) groups excluding carboxylic acids is 1. The Labute approximate surface area is 188 Å². The van der Waals surface area contributed by atoms with Crippen LogP contribution in [-0.4, -0.2) is 29.7 Å². The summed E-state index contributed by atoms with van der Waals surface area (Å²) in [5.74, 6) is -0.204. The first kappa shape index (κ1) is 20.7. The summed E-state index contributed by atoms with van der Waals surface area (Å²) < 4.78 is 5.57. The van der Waals surface area contributed by atoms with Crippen molar-refractivity contribution in [3.63, 3.8) is 0 Å². The number of hydrogen-bond donors (Lipinski definition) is 2. The van der Waals surface area contributed by atoms with Crippen LogP contribution in [-0.2, 0) is 9.53 Å². The van der Waals surface area contributed by atoms with Gasteiger partial charge in [0.25, 0.3) is 0 Å². The van der Waals surface area contributed by atoms with Gasteiger partial charge in [-0.2, -0.15) is 0 Å². The van der Waals surface area contributed by atoms with Crippen LogP contribution in [0.1, 0.15) is 22.7 Å². The molecule has 1 aliphatic heterocycles. The molecule has 1 aliphatic rings. The topological polar surface area (TPSA) is 66.5 Å². The lowest BCUT2D eigenvalue weighted by molar-refractivity contribution is -0.119. The highest BCUT2D eigenvalue weighted by molar-refractivity contribution is 7.80. The molecular formula is C21H19ClN4O2S2. The van der Waals surface area contributed by atoms with Gasteiger partial charge < -0.3 is 20.3 Å². The van der Waals surface area contributed by atoms with E-state index < -0.39 is 0 Å². The van der Waals surface area contributed by atoms with E-state index in [2.05, 4.69) is 20.5 Å². The number of benzene rings is 1. The first-order chi connectivity index (χ1) is 14.6. The molecule has 1 saturated heterocycles. The van der Waals surface area contributed by atoms with E-state index in [-0.39, 0.29) is 24.6 Å². The fourth-order valence-corrected chi connectivity index (χ4v) is 4.98. The third-order valence-electron chi connectivity index (χ3n) is 4.69. The highest BCUT2D eigenvalue weighted by atomic mass is 35.5. The van der Waals surface area contributed by atoms with Gasteiger partial charge in [0.05, 0.1) is 22.1 Å². The summed E-state index contributed by atoms with van der Waals surface area (Å²) in [5.41, 5.74) is 2.50. The van der Waals surface area contributed by atoms with Gasteiger partial charge in [-0.15, -0.1) is 11.3 Å². The van der Waals surface area contributed by atoms with Gasteiger partial charge in [0.15, 0.2) is 5.11 Å². The van der Waals surface area contributed by atoms with E-state index in [1.54, 1.807) is 6.20 Å². The number of anilines is 2. The molecule has 2 N–H and O–H groups in total. The van der Waals surface area contributed by atoms with Gasteiger partial charge in [-0.3, -0.25) is 9.78 Å². The number of halogens is 1. The Morgan fingerprint density at radius 3 is 2.70 bits per heavy atom. The number of thiophene rings is 1. The molecule has 0 saturated carbocycles. The zero-order valence-electron chi connectivity index (χ0n) is 16.0. The van der Waals surface area contributed by atoms with Crippen LogP contribution in [0.3, 0.4) is 0 Å². The van der Waals surface area contributed by atoms with E-state index in [9.17, 15) is 4.79 Å². The second-order valence-electron chi connectivity index (χ2n) is 6.67. The van der Waals surface area contributed by atoms with Gasteiger partial charge in [0, 0.05) is 29.6 Å². The molecule has 0 aliphatic carbocycles. The lowest BCUT2D eigenvalue weighted by Crippen LogP contribution is -2.29. The number of thiocarbonyl (C=S) groups is 1. The maximum Gasteiger partial charge on any atom is 0.250 e. The van der Waals surface area contributed by atoms with Crippen molar-refractivity contribution in [2.45, 2.75) is 12.1 Å². The van der Waals surface area contributed by atoms with E-state index in [1.165, 1.54) is 18.4 Å². The molecule has 0 bridgehead atoms. The SMILES string of the molecule is COCC(=O)Nc1ccc(N2C(=S)N[C@H](c3ccccn3)[C@@H]2c2ccc(Cl)s2)cc1. The molecule has 30 heavy (non-hydrogen) atoms. The first-order valence-corrected chi connectivity index (χ1v) is 10.8. The molecule has 2 atom stereocenters. The molecule has 0 radical (unpaired) electrons. The van der Waals surface area contributed by atoms with E-state index in [0.29, 0.717) is 10.8 Å². The standard InChI is InChI=1S/C21H19ClN4O2S2/c1-28-12-18(27)24-13-5-7-14(8-6-13)26-20(16-9-10-17(22)30-16)19(25-21(26)29)15-4-2-3-11-23-15/h2-11,19-20H,12H2,1H3,(H,24,27)(H,25,29)/t19-,20+/m1/s1. The van der Waals surface area contributed by atoms with Gasteiger partial charge in [0.1, 0.15) is 6.61 Å². The van der Waals surface area contributed by atoms with Crippen molar-refractivity contribution in [3.05, 3.63) is 75.7 Å². The van der Waals surface area contributed by atoms with Crippen molar-refractivity contribution in [3.8, 4) is 0 Å². The van der Waals surface area contributed by atoms with Crippen molar-refractivity contribution in [2.75, 3.05) is 23.9 Å². The lowest BCUT2D eigenvalue weighted by atomic mass is 10.0. The second kappa shape index (κ2) is 9.09. The summed E-state index contributed by atoms with van der Waals surface area (Å²) in [6.45, 7) is 0.00878. The largest absolute Gasteiger partial charge is 0.375 e. The number of nitrogens with zero attached hydrogens (tertiary/aromatic N) is 2. The smallest absolute Gasteiger partial charge is 0.250 e. The quantitative estimate of drug-likeness (QED) is 0.528. The van der Waals surface area contributed by atoms with Gasteiger partial charge >= 0.3 is 0 Å². The van der Waals surface area contributed by atoms with Crippen molar-refractivity contribution in [1.29, 1.82) is 0 Å². The minimum Gasteiger partial charge on any atom is -0.375 e. The Morgan fingerprint density at radius 1 is 1.27 bits per heavy atom. The molecule has 4 rings (SSSR count). The number of ether oxygens (including phenoxy) is 1. The summed E-state index contributed by atoms with van der Waals surface area (Å²) in [4.78, 5) is 19.4. The predicted octanol–water partition coefficient (Wildman–Crippen LogP) is 4.56. The summed E-state index contributed by atoms with van der Waals surface area (Å²) in [6.07, 6.45) is 1.78. The molecule has 1 aromatic carbocycles. The Kier molecular flexibility index (Phi) is 6.29. The Balaban J connectivity index is 1.67. The summed E-state index contributed by atoms with van der Waals surface area (Å²) in [6, 6.07) is 17.1. The minimum absolute atomic E-state index is 0.00878. The van der Waals surface area contributed by atoms with Crippen LogP contribution in [0, 0.1) is 0 Å². The maximum absolute atomic E-state index is 11.7. The molecule has 0 spiro atoms. The highest BCUT2D eigenvalue weighted by Gasteiger charge is 2.41. The Bertz CT molecular complexity index is 1040. The van der Waals surface area contributed by atoms with Crippen molar-refractivity contribution in [2.24, 2.45) is 0 Å². The molecule has 3 heterocycles. The number of hydrogen-bond acceptors (Lipinski definition) is 5. The van der Waals surface area contributed by atoms with Crippen molar-refractivity contribution >= 4 is 57.5 Å². The Hall–Kier alpha value is -2.52. The predicted molar refractivity (Wildman–Crippen MR) is 124 cm³/mol. The lowest BCUT2D eigenvalue weighted by Gasteiger charge is -2.27. The third-order valence-corrected chi connectivity index (χ3v) is 6.30. The van der Waals surface area contributed by atoms with Crippen LogP contribution in [0.4, 0.5) is 11.4 Å². The number of nitrogens with one attached hydrogen (secondary N) is 2. The van der Waals surface area contributed by atoms with Crippen LogP contribution >= 0.6 is 35.2 Å². The van der Waals surface area contributed by atoms with Crippen molar-refractivity contribution < 1.29 is 9.53 Å². The van der Waals surface area contributed by atoms with Crippen LogP contribution in [0.5, 0.6) is 0 Å². The molecule has 9 heteroatoms. The minimum atomic E-state index is -0.204. The number of carbonyl (C=O) groups is 1. The molecule has 0 unspecified atom stereocenters. The van der Waals surface area contributed by atoms with E-state index in [4.69, 9.17) is 28.6 Å². The highest BCUT2D eigenvalue weighted by Crippen LogP contribution is 2.44. The number of pyridine rings is 1. The molecule has 2 aromatic heterocycles. The third kappa shape index (κ3) is 4.32. The molecule has 1 fully saturated rings. The van der Waals surface area contributed by atoms with Gasteiger partial charge in [0.2, 0.25) is 5.91 Å². The maximum atomic E-state index is 11.7. The van der Waals surface area contributed by atoms with E-state index in [1.807, 2.05) is 54.6 Å². The van der Waals surface area contributed by atoms with Crippen LogP contribution in [0.25, 0.3) is 0 Å². The summed E-state index contributed by atoms with van der Waals surface area (Å²) in [7, 11) is 1.49. The van der Waals surface area contributed by atoms with Gasteiger partial charge in [-0.25, -0.2) is 0 Å². The fraction of sp³-hybridized carbons (Fsp3) is 0.190. The molecule has 154 valence electrons. The fourth-order valence-electron chi connectivity index (χ4n) is 3.44. The van der Waals surface area contributed by atoms with E-state index in [0.717, 1.165) is 20.6 Å². The molecule has 6 nitrogen and oxygen atoms in total. The van der Waals surface area contributed by atoms with Crippen molar-refractivity contribution in [1.82, 2.24) is 10.3 Å². The van der Waals surface area contributed by atoms with E-state index >= 15 is 0 Å².